The van der Waals surface area contributed by atoms with Gasteiger partial charge in [0.2, 0.25) is 0 Å². The highest BCUT2D eigenvalue weighted by molar-refractivity contribution is 5.31. The van der Waals surface area contributed by atoms with Crippen molar-refractivity contribution in [3.8, 4) is 0 Å². The van der Waals surface area contributed by atoms with Gasteiger partial charge in [-0.05, 0) is 31.0 Å². The summed E-state index contributed by atoms with van der Waals surface area (Å²) in [4.78, 5) is 3.93. The van der Waals surface area contributed by atoms with Crippen molar-refractivity contribution in [2.24, 2.45) is 0 Å². The zero-order valence-corrected chi connectivity index (χ0v) is 8.86. The first-order chi connectivity index (χ1) is 6.72. The molecular weight excluding hydrogens is 176 g/mol. The molecule has 0 spiro atoms. The van der Waals surface area contributed by atoms with Gasteiger partial charge in [0.15, 0.2) is 0 Å². The molecule has 1 rings (SSSR count). The summed E-state index contributed by atoms with van der Waals surface area (Å²) in [5.41, 5.74) is 6.64. The number of hydrogen-bond acceptors (Lipinski definition) is 3. The topological polar surface area (TPSA) is 48.1 Å². The monoisotopic (exact) mass is 194 g/mol. The number of anilines is 1. The molecule has 0 aliphatic heterocycles. The van der Waals surface area contributed by atoms with E-state index in [1.165, 1.54) is 0 Å². The molecule has 1 aromatic heterocycles. The Morgan fingerprint density at radius 1 is 1.57 bits per heavy atom. The van der Waals surface area contributed by atoms with E-state index in [4.69, 9.17) is 10.5 Å². The fourth-order valence-corrected chi connectivity index (χ4v) is 1.31. The number of pyridine rings is 1. The van der Waals surface area contributed by atoms with Crippen molar-refractivity contribution in [2.75, 3.05) is 5.73 Å². The molecular formula is C11H18N2O. The first-order valence-electron chi connectivity index (χ1n) is 5.04. The summed E-state index contributed by atoms with van der Waals surface area (Å²) in [6.45, 7) is 4.87. The fraction of sp³-hybridized carbons (Fsp3) is 0.545. The van der Waals surface area contributed by atoms with E-state index in [1.54, 1.807) is 6.20 Å². The smallest absolute Gasteiger partial charge is 0.123 e. The highest BCUT2D eigenvalue weighted by Crippen LogP contribution is 2.08. The summed E-state index contributed by atoms with van der Waals surface area (Å²) in [5.74, 6) is 0.550. The standard InChI is InChI=1S/C11H18N2O/c1-3-4-9(2)14-8-10-5-6-13-11(12)7-10/h5-7,9H,3-4,8H2,1-2H3,(H2,12,13). The summed E-state index contributed by atoms with van der Waals surface area (Å²) in [6, 6.07) is 3.77. The predicted octanol–water partition coefficient (Wildman–Crippen LogP) is 2.37. The van der Waals surface area contributed by atoms with Crippen molar-refractivity contribution >= 4 is 5.82 Å². The molecule has 0 amide bonds. The van der Waals surface area contributed by atoms with E-state index in [2.05, 4.69) is 18.8 Å². The van der Waals surface area contributed by atoms with Gasteiger partial charge in [0, 0.05) is 6.20 Å². The number of rotatable bonds is 5. The van der Waals surface area contributed by atoms with Gasteiger partial charge in [-0.15, -0.1) is 0 Å². The number of nitrogens with two attached hydrogens (primary N) is 1. The molecule has 0 fully saturated rings. The van der Waals surface area contributed by atoms with E-state index in [1.807, 2.05) is 12.1 Å². The van der Waals surface area contributed by atoms with Gasteiger partial charge in [-0.2, -0.15) is 0 Å². The third-order valence-electron chi connectivity index (χ3n) is 2.08. The van der Waals surface area contributed by atoms with E-state index >= 15 is 0 Å². The summed E-state index contributed by atoms with van der Waals surface area (Å²) in [7, 11) is 0. The van der Waals surface area contributed by atoms with Crippen LogP contribution in [0.5, 0.6) is 0 Å². The lowest BCUT2D eigenvalue weighted by atomic mass is 10.2. The molecule has 1 unspecified atom stereocenters. The largest absolute Gasteiger partial charge is 0.384 e. The van der Waals surface area contributed by atoms with Crippen LogP contribution in [0.1, 0.15) is 32.3 Å². The van der Waals surface area contributed by atoms with Gasteiger partial charge in [0.25, 0.3) is 0 Å². The first-order valence-corrected chi connectivity index (χ1v) is 5.04. The Bertz CT molecular complexity index is 276. The van der Waals surface area contributed by atoms with Crippen LogP contribution in [0, 0.1) is 0 Å². The minimum Gasteiger partial charge on any atom is -0.384 e. The van der Waals surface area contributed by atoms with Gasteiger partial charge in [-0.3, -0.25) is 0 Å². The number of aromatic nitrogens is 1. The highest BCUT2D eigenvalue weighted by atomic mass is 16.5. The number of ether oxygens (including phenoxy) is 1. The molecule has 1 aromatic rings. The number of hydrogen-bond donors (Lipinski definition) is 1. The minimum atomic E-state index is 0.314. The molecule has 2 N–H and O–H groups in total. The highest BCUT2D eigenvalue weighted by Gasteiger charge is 2.01. The van der Waals surface area contributed by atoms with Crippen LogP contribution in [0.3, 0.4) is 0 Å². The van der Waals surface area contributed by atoms with E-state index < -0.39 is 0 Å². The number of nitrogens with zero attached hydrogens (tertiary/aromatic N) is 1. The molecule has 0 aliphatic rings. The molecule has 1 heterocycles. The van der Waals surface area contributed by atoms with Gasteiger partial charge in [0.1, 0.15) is 5.82 Å². The third kappa shape index (κ3) is 3.75. The molecule has 1 atom stereocenters. The van der Waals surface area contributed by atoms with Crippen LogP contribution >= 0.6 is 0 Å². The predicted molar refractivity (Wildman–Crippen MR) is 57.8 cm³/mol. The molecule has 3 nitrogen and oxygen atoms in total. The molecule has 0 saturated carbocycles. The lowest BCUT2D eigenvalue weighted by Crippen LogP contribution is -2.07. The van der Waals surface area contributed by atoms with Gasteiger partial charge in [-0.1, -0.05) is 13.3 Å². The first kappa shape index (κ1) is 11.0. The van der Waals surface area contributed by atoms with Gasteiger partial charge < -0.3 is 10.5 Å². The van der Waals surface area contributed by atoms with Crippen molar-refractivity contribution in [2.45, 2.75) is 39.4 Å². The molecule has 78 valence electrons. The number of nitrogen functional groups attached to an aromatic ring is 1. The Hall–Kier alpha value is -1.09. The molecule has 0 bridgehead atoms. The quantitative estimate of drug-likeness (QED) is 0.782. The Labute approximate surface area is 85.3 Å². The van der Waals surface area contributed by atoms with Crippen LogP contribution in [0.25, 0.3) is 0 Å². The van der Waals surface area contributed by atoms with E-state index in [9.17, 15) is 0 Å². The third-order valence-corrected chi connectivity index (χ3v) is 2.08. The molecule has 0 radical (unpaired) electrons. The SMILES string of the molecule is CCCC(C)OCc1ccnc(N)c1. The van der Waals surface area contributed by atoms with Gasteiger partial charge in [-0.25, -0.2) is 4.98 Å². The minimum absolute atomic E-state index is 0.314. The second kappa shape index (κ2) is 5.60. The maximum absolute atomic E-state index is 5.64. The lowest BCUT2D eigenvalue weighted by molar-refractivity contribution is 0.0472. The van der Waals surface area contributed by atoms with E-state index in [-0.39, 0.29) is 0 Å². The zero-order valence-electron chi connectivity index (χ0n) is 8.86. The van der Waals surface area contributed by atoms with E-state index in [0.717, 1.165) is 18.4 Å². The summed E-state index contributed by atoms with van der Waals surface area (Å²) < 4.78 is 5.64. The second-order valence-corrected chi connectivity index (χ2v) is 3.50. The molecule has 0 aromatic carbocycles. The van der Waals surface area contributed by atoms with Crippen molar-refractivity contribution in [1.29, 1.82) is 0 Å². The zero-order chi connectivity index (χ0) is 10.4. The van der Waals surface area contributed by atoms with Crippen LogP contribution in [0.4, 0.5) is 5.82 Å². The Morgan fingerprint density at radius 3 is 3.00 bits per heavy atom. The normalized spacial score (nSPS) is 12.7. The van der Waals surface area contributed by atoms with Gasteiger partial charge in [0.05, 0.1) is 12.7 Å². The van der Waals surface area contributed by atoms with Crippen molar-refractivity contribution in [3.05, 3.63) is 23.9 Å². The summed E-state index contributed by atoms with van der Waals surface area (Å²) in [5, 5.41) is 0. The molecule has 0 aliphatic carbocycles. The Kier molecular flexibility index (Phi) is 4.40. The molecule has 0 saturated heterocycles. The average molecular weight is 194 g/mol. The van der Waals surface area contributed by atoms with Crippen molar-refractivity contribution in [1.82, 2.24) is 4.98 Å². The average Bonchev–Trinajstić information content (AvgIpc) is 2.15. The summed E-state index contributed by atoms with van der Waals surface area (Å²) >= 11 is 0. The molecule has 14 heavy (non-hydrogen) atoms. The fourth-order valence-electron chi connectivity index (χ4n) is 1.31. The van der Waals surface area contributed by atoms with E-state index in [0.29, 0.717) is 18.5 Å². The second-order valence-electron chi connectivity index (χ2n) is 3.50. The van der Waals surface area contributed by atoms with Crippen LogP contribution < -0.4 is 5.73 Å². The van der Waals surface area contributed by atoms with Crippen LogP contribution in [0.15, 0.2) is 18.3 Å². The van der Waals surface area contributed by atoms with Gasteiger partial charge >= 0.3 is 0 Å². The van der Waals surface area contributed by atoms with Crippen LogP contribution in [-0.4, -0.2) is 11.1 Å². The Balaban J connectivity index is 2.37. The maximum atomic E-state index is 5.64. The van der Waals surface area contributed by atoms with Crippen molar-refractivity contribution < 1.29 is 4.74 Å². The summed E-state index contributed by atoms with van der Waals surface area (Å²) in [6.07, 6.45) is 4.27. The lowest BCUT2D eigenvalue weighted by Gasteiger charge is -2.11. The van der Waals surface area contributed by atoms with Crippen LogP contribution in [-0.2, 0) is 11.3 Å². The molecule has 3 heteroatoms. The van der Waals surface area contributed by atoms with Crippen LogP contribution in [0.2, 0.25) is 0 Å². The Morgan fingerprint density at radius 2 is 2.36 bits per heavy atom. The van der Waals surface area contributed by atoms with Crippen molar-refractivity contribution in [3.63, 3.8) is 0 Å². The maximum Gasteiger partial charge on any atom is 0.123 e.